The fraction of sp³-hybridized carbons (Fsp3) is 0.105. The number of ether oxygens (including phenoxy) is 1. The van der Waals surface area contributed by atoms with Crippen LogP contribution in [0.15, 0.2) is 48.5 Å². The number of fused-ring (bicyclic) bond motifs is 1. The monoisotopic (exact) mass is 400 g/mol. The summed E-state index contributed by atoms with van der Waals surface area (Å²) in [6, 6.07) is 14.4. The lowest BCUT2D eigenvalue weighted by Gasteiger charge is -2.10. The van der Waals surface area contributed by atoms with Crippen LogP contribution >= 0.6 is 11.3 Å². The van der Waals surface area contributed by atoms with E-state index in [-0.39, 0.29) is 12.3 Å². The molecule has 0 saturated carbocycles. The molecule has 140 valence electrons. The van der Waals surface area contributed by atoms with Gasteiger partial charge >= 0.3 is 6.18 Å². The molecule has 0 fully saturated rings. The van der Waals surface area contributed by atoms with Crippen molar-refractivity contribution in [2.24, 2.45) is 0 Å². The van der Waals surface area contributed by atoms with Crippen molar-refractivity contribution in [2.75, 3.05) is 0 Å². The second-order valence-corrected chi connectivity index (χ2v) is 7.03. The zero-order chi connectivity index (χ0) is 19.7. The Bertz CT molecular complexity index is 1190. The fourth-order valence-electron chi connectivity index (χ4n) is 2.70. The highest BCUT2D eigenvalue weighted by Gasteiger charge is 2.30. The molecule has 5 nitrogen and oxygen atoms in total. The van der Waals surface area contributed by atoms with Crippen LogP contribution in [0.2, 0.25) is 0 Å². The Morgan fingerprint density at radius 3 is 2.79 bits per heavy atom. The predicted octanol–water partition coefficient (Wildman–Crippen LogP) is 5.16. The first kappa shape index (κ1) is 18.0. The molecule has 0 amide bonds. The lowest BCUT2D eigenvalue weighted by atomic mass is 10.1. The normalized spacial score (nSPS) is 11.5. The van der Waals surface area contributed by atoms with Crippen molar-refractivity contribution in [1.82, 2.24) is 15.4 Å². The lowest BCUT2D eigenvalue weighted by molar-refractivity contribution is -0.137. The summed E-state index contributed by atoms with van der Waals surface area (Å²) in [5, 5.41) is 20.2. The van der Waals surface area contributed by atoms with Crippen LogP contribution in [-0.2, 0) is 12.8 Å². The summed E-state index contributed by atoms with van der Waals surface area (Å²) in [5.41, 5.74) is 0.499. The quantitative estimate of drug-likeness (QED) is 0.514. The van der Waals surface area contributed by atoms with Gasteiger partial charge in [0.05, 0.1) is 10.4 Å². The molecule has 0 bridgehead atoms. The number of nitriles is 1. The second-order valence-electron chi connectivity index (χ2n) is 5.94. The van der Waals surface area contributed by atoms with Gasteiger partial charge in [-0.15, -0.1) is 16.4 Å². The third kappa shape index (κ3) is 3.54. The zero-order valence-electron chi connectivity index (χ0n) is 14.1. The van der Waals surface area contributed by atoms with Crippen LogP contribution in [0.3, 0.4) is 0 Å². The van der Waals surface area contributed by atoms with Gasteiger partial charge in [0.15, 0.2) is 5.69 Å². The molecule has 1 N–H and O–H groups in total. The van der Waals surface area contributed by atoms with Crippen LogP contribution < -0.4 is 4.74 Å². The van der Waals surface area contributed by atoms with Crippen molar-refractivity contribution in [3.05, 3.63) is 65.4 Å². The molecule has 0 unspecified atom stereocenters. The molecule has 4 rings (SSSR count). The maximum Gasteiger partial charge on any atom is 0.416 e. The van der Waals surface area contributed by atoms with Gasteiger partial charge in [-0.2, -0.15) is 18.4 Å². The number of nitrogens with zero attached hydrogens (tertiary/aromatic N) is 3. The topological polar surface area (TPSA) is 74.6 Å². The van der Waals surface area contributed by atoms with Gasteiger partial charge in [0.25, 0.3) is 0 Å². The number of thiophene rings is 1. The molecule has 2 aromatic heterocycles. The summed E-state index contributed by atoms with van der Waals surface area (Å²) in [7, 11) is 0. The Morgan fingerprint density at radius 2 is 2.00 bits per heavy atom. The van der Waals surface area contributed by atoms with Gasteiger partial charge in [0.2, 0.25) is 0 Å². The highest BCUT2D eigenvalue weighted by Crippen LogP contribution is 2.35. The number of halogens is 3. The average molecular weight is 400 g/mol. The molecule has 0 aliphatic carbocycles. The summed E-state index contributed by atoms with van der Waals surface area (Å²) < 4.78 is 45.0. The maximum absolute atomic E-state index is 12.8. The fourth-order valence-corrected chi connectivity index (χ4v) is 3.78. The lowest BCUT2D eigenvalue weighted by Crippen LogP contribution is -2.06. The third-order valence-corrected chi connectivity index (χ3v) is 5.15. The molecule has 4 aromatic rings. The van der Waals surface area contributed by atoms with Crippen LogP contribution in [0.5, 0.6) is 5.75 Å². The van der Waals surface area contributed by atoms with E-state index in [0.717, 1.165) is 27.1 Å². The average Bonchev–Trinajstić information content (AvgIpc) is 3.31. The van der Waals surface area contributed by atoms with Crippen LogP contribution in [0, 0.1) is 11.3 Å². The van der Waals surface area contributed by atoms with E-state index in [9.17, 15) is 13.2 Å². The molecule has 0 atom stereocenters. The van der Waals surface area contributed by atoms with Crippen LogP contribution in [0.1, 0.15) is 16.8 Å². The number of rotatable bonds is 4. The minimum Gasteiger partial charge on any atom is -0.489 e. The number of aromatic amines is 1. The van der Waals surface area contributed by atoms with Crippen molar-refractivity contribution in [2.45, 2.75) is 12.8 Å². The standard InChI is InChI=1S/C19H11F3N4OS/c20-19(21,22)13-3-1-2-11(6-13)10-27-14-5-4-12-7-17(28-16(12)8-14)18-15(9-23)24-26-25-18/h1-8H,10H2,(H,24,25,26). The minimum atomic E-state index is -4.38. The molecular weight excluding hydrogens is 389 g/mol. The van der Waals surface area contributed by atoms with E-state index >= 15 is 0 Å². The van der Waals surface area contributed by atoms with Gasteiger partial charge in [0.1, 0.15) is 24.1 Å². The van der Waals surface area contributed by atoms with Gasteiger partial charge in [-0.1, -0.05) is 17.3 Å². The third-order valence-electron chi connectivity index (χ3n) is 4.05. The number of hydrogen-bond acceptors (Lipinski definition) is 5. The number of hydrogen-bond donors (Lipinski definition) is 1. The Kier molecular flexibility index (Phi) is 4.49. The highest BCUT2D eigenvalue weighted by molar-refractivity contribution is 7.22. The first-order valence-corrected chi connectivity index (χ1v) is 8.90. The molecule has 2 aromatic carbocycles. The van der Waals surface area contributed by atoms with E-state index < -0.39 is 11.7 Å². The van der Waals surface area contributed by atoms with Gasteiger partial charge in [-0.05, 0) is 47.3 Å². The van der Waals surface area contributed by atoms with Crippen molar-refractivity contribution in [3.8, 4) is 22.4 Å². The van der Waals surface area contributed by atoms with Crippen molar-refractivity contribution in [1.29, 1.82) is 5.26 Å². The predicted molar refractivity (Wildman–Crippen MR) is 97.7 cm³/mol. The Balaban J connectivity index is 1.55. The van der Waals surface area contributed by atoms with E-state index in [2.05, 4.69) is 15.4 Å². The van der Waals surface area contributed by atoms with E-state index in [4.69, 9.17) is 10.00 Å². The first-order valence-electron chi connectivity index (χ1n) is 8.08. The number of alkyl halides is 3. The first-order chi connectivity index (χ1) is 13.4. The van der Waals surface area contributed by atoms with Gasteiger partial charge in [-0.3, -0.25) is 0 Å². The Labute approximate surface area is 161 Å². The van der Waals surface area contributed by atoms with Crippen molar-refractivity contribution in [3.63, 3.8) is 0 Å². The summed E-state index contributed by atoms with van der Waals surface area (Å²) in [5.74, 6) is 0.541. The van der Waals surface area contributed by atoms with E-state index in [1.165, 1.54) is 17.4 Å². The zero-order valence-corrected chi connectivity index (χ0v) is 14.9. The number of H-pyrrole nitrogens is 1. The summed E-state index contributed by atoms with van der Waals surface area (Å²) in [4.78, 5) is 0.787. The Morgan fingerprint density at radius 1 is 1.14 bits per heavy atom. The van der Waals surface area contributed by atoms with Crippen LogP contribution in [0.4, 0.5) is 13.2 Å². The van der Waals surface area contributed by atoms with Crippen molar-refractivity contribution < 1.29 is 17.9 Å². The Hall–Kier alpha value is -3.38. The molecule has 0 saturated heterocycles. The molecule has 0 radical (unpaired) electrons. The number of aromatic nitrogens is 3. The molecular formula is C19H11F3N4OS. The van der Waals surface area contributed by atoms with E-state index in [1.807, 2.05) is 24.3 Å². The second kappa shape index (κ2) is 6.98. The van der Waals surface area contributed by atoms with Gasteiger partial charge in [0, 0.05) is 4.70 Å². The molecule has 0 aliphatic heterocycles. The van der Waals surface area contributed by atoms with E-state index in [0.29, 0.717) is 17.0 Å². The minimum absolute atomic E-state index is 0.0233. The molecule has 0 aliphatic rings. The summed E-state index contributed by atoms with van der Waals surface area (Å²) in [6.07, 6.45) is -4.38. The summed E-state index contributed by atoms with van der Waals surface area (Å²) in [6.45, 7) is 0.0233. The van der Waals surface area contributed by atoms with Crippen LogP contribution in [0.25, 0.3) is 20.7 Å². The van der Waals surface area contributed by atoms with Gasteiger partial charge in [-0.25, -0.2) is 5.10 Å². The maximum atomic E-state index is 12.8. The highest BCUT2D eigenvalue weighted by atomic mass is 32.1. The van der Waals surface area contributed by atoms with Crippen LogP contribution in [-0.4, -0.2) is 15.4 Å². The summed E-state index contributed by atoms with van der Waals surface area (Å²) >= 11 is 1.42. The molecule has 0 spiro atoms. The largest absolute Gasteiger partial charge is 0.489 e. The van der Waals surface area contributed by atoms with Crippen molar-refractivity contribution >= 4 is 21.4 Å². The van der Waals surface area contributed by atoms with Gasteiger partial charge < -0.3 is 4.74 Å². The molecule has 28 heavy (non-hydrogen) atoms. The molecule has 9 heteroatoms. The molecule has 2 heterocycles. The number of nitrogens with one attached hydrogen (secondary N) is 1. The smallest absolute Gasteiger partial charge is 0.416 e. The number of benzene rings is 2. The van der Waals surface area contributed by atoms with E-state index in [1.54, 1.807) is 12.1 Å². The SMILES string of the molecule is N#Cc1[nH]nnc1-c1cc2ccc(OCc3cccc(C(F)(F)F)c3)cc2s1.